The monoisotopic (exact) mass is 525 g/mol. The van der Waals surface area contributed by atoms with E-state index in [1.807, 2.05) is 6.92 Å². The molecule has 10 nitrogen and oxygen atoms in total. The first-order valence-corrected chi connectivity index (χ1v) is 13.1. The molecular formula is C26H27N3O7S. The fourth-order valence-corrected chi connectivity index (χ4v) is 4.58. The molecule has 0 radical (unpaired) electrons. The first-order chi connectivity index (χ1) is 17.7. The molecule has 194 valence electrons. The summed E-state index contributed by atoms with van der Waals surface area (Å²) in [6.45, 7) is 2.11. The molecule has 0 aliphatic rings. The largest absolute Gasteiger partial charge is 0.489 e. The minimum atomic E-state index is -4.19. The van der Waals surface area contributed by atoms with Crippen LogP contribution >= 0.6 is 0 Å². The molecule has 37 heavy (non-hydrogen) atoms. The van der Waals surface area contributed by atoms with Gasteiger partial charge in [-0.05, 0) is 54.4 Å². The summed E-state index contributed by atoms with van der Waals surface area (Å²) in [4.78, 5) is 35.1. The van der Waals surface area contributed by atoms with Crippen molar-refractivity contribution in [1.82, 2.24) is 4.72 Å². The molecule has 3 aromatic carbocycles. The number of non-ortho nitro benzene ring substituents is 1. The summed E-state index contributed by atoms with van der Waals surface area (Å²) in [5.41, 5.74) is 0.924. The average Bonchev–Trinajstić information content (AvgIpc) is 2.88. The number of rotatable bonds is 12. The Morgan fingerprint density at radius 2 is 1.70 bits per heavy atom. The summed E-state index contributed by atoms with van der Waals surface area (Å²) in [7, 11) is -4.19. The summed E-state index contributed by atoms with van der Waals surface area (Å²) < 4.78 is 33.4. The Labute approximate surface area is 214 Å². The first-order valence-electron chi connectivity index (χ1n) is 11.6. The third kappa shape index (κ3) is 7.87. The number of para-hydroxylation sites is 1. The number of amides is 2. The van der Waals surface area contributed by atoms with Crippen LogP contribution in [0.2, 0.25) is 0 Å². The SMILES string of the molecule is CCCCCC(=O)NS(=O)(=O)c1ccccc1NC(=O)c1cccc(OCc2ccc([N+](=O)[O-])cc2)c1. The number of nitrogens with zero attached hydrogens (tertiary/aromatic N) is 1. The molecule has 0 saturated carbocycles. The number of anilines is 1. The van der Waals surface area contributed by atoms with Crippen LogP contribution in [0.4, 0.5) is 11.4 Å². The highest BCUT2D eigenvalue weighted by molar-refractivity contribution is 7.90. The van der Waals surface area contributed by atoms with E-state index in [2.05, 4.69) is 10.0 Å². The molecule has 11 heteroatoms. The zero-order valence-electron chi connectivity index (χ0n) is 20.2. The van der Waals surface area contributed by atoms with Gasteiger partial charge < -0.3 is 10.1 Å². The van der Waals surface area contributed by atoms with Crippen LogP contribution in [0.1, 0.15) is 48.5 Å². The second kappa shape index (κ2) is 12.6. The number of hydrogen-bond acceptors (Lipinski definition) is 7. The predicted octanol–water partition coefficient (Wildman–Crippen LogP) is 4.81. The van der Waals surface area contributed by atoms with Crippen LogP contribution in [-0.2, 0) is 21.4 Å². The standard InChI is InChI=1S/C26H27N3O7S/c1-2-3-4-12-25(30)28-37(34,35)24-11-6-5-10-23(24)27-26(31)20-8-7-9-22(17-20)36-18-19-13-15-21(16-14-19)29(32)33/h5-11,13-17H,2-4,12,18H2,1H3,(H,27,31)(H,28,30). The Hall–Kier alpha value is -4.25. The quantitative estimate of drug-likeness (QED) is 0.196. The van der Waals surface area contributed by atoms with Crippen LogP contribution in [0, 0.1) is 10.1 Å². The van der Waals surface area contributed by atoms with E-state index < -0.39 is 26.8 Å². The van der Waals surface area contributed by atoms with Gasteiger partial charge in [-0.15, -0.1) is 0 Å². The fourth-order valence-electron chi connectivity index (χ4n) is 3.40. The summed E-state index contributed by atoms with van der Waals surface area (Å²) in [5, 5.41) is 13.4. The molecule has 0 spiro atoms. The molecule has 2 N–H and O–H groups in total. The van der Waals surface area contributed by atoms with Gasteiger partial charge in [0.05, 0.1) is 10.6 Å². The Morgan fingerprint density at radius 3 is 2.41 bits per heavy atom. The van der Waals surface area contributed by atoms with Gasteiger partial charge in [0.2, 0.25) is 5.91 Å². The van der Waals surface area contributed by atoms with Gasteiger partial charge in [0.25, 0.3) is 21.6 Å². The van der Waals surface area contributed by atoms with Gasteiger partial charge in [0.15, 0.2) is 0 Å². The zero-order chi connectivity index (χ0) is 26.8. The summed E-state index contributed by atoms with van der Waals surface area (Å²) in [6.07, 6.45) is 2.39. The number of ether oxygens (including phenoxy) is 1. The number of nitrogens with one attached hydrogen (secondary N) is 2. The van der Waals surface area contributed by atoms with Crippen molar-refractivity contribution >= 4 is 33.2 Å². The van der Waals surface area contributed by atoms with E-state index in [9.17, 15) is 28.1 Å². The molecule has 0 bridgehead atoms. The van der Waals surface area contributed by atoms with E-state index in [0.29, 0.717) is 17.7 Å². The first kappa shape index (κ1) is 27.3. The van der Waals surface area contributed by atoms with Crippen LogP contribution in [0.15, 0.2) is 77.7 Å². The van der Waals surface area contributed by atoms with Crippen molar-refractivity contribution in [3.05, 3.63) is 94.0 Å². The molecule has 3 rings (SSSR count). The van der Waals surface area contributed by atoms with Gasteiger partial charge in [-0.25, -0.2) is 13.1 Å². The van der Waals surface area contributed by atoms with Crippen LogP contribution < -0.4 is 14.8 Å². The lowest BCUT2D eigenvalue weighted by molar-refractivity contribution is -0.384. The Bertz CT molecular complexity index is 1370. The molecular weight excluding hydrogens is 498 g/mol. The van der Waals surface area contributed by atoms with Gasteiger partial charge in [0.1, 0.15) is 17.3 Å². The number of sulfonamides is 1. The normalized spacial score (nSPS) is 10.9. The van der Waals surface area contributed by atoms with Gasteiger partial charge in [-0.1, -0.05) is 38.0 Å². The second-order valence-electron chi connectivity index (χ2n) is 8.18. The number of carbonyl (C=O) groups excluding carboxylic acids is 2. The molecule has 0 unspecified atom stereocenters. The molecule has 0 fully saturated rings. The molecule has 0 heterocycles. The maximum atomic E-state index is 12.9. The van der Waals surface area contributed by atoms with Crippen molar-refractivity contribution in [2.45, 2.75) is 44.1 Å². The van der Waals surface area contributed by atoms with Crippen LogP contribution in [-0.4, -0.2) is 25.2 Å². The predicted molar refractivity (Wildman–Crippen MR) is 138 cm³/mol. The number of benzene rings is 3. The molecule has 0 aliphatic carbocycles. The van der Waals surface area contributed by atoms with Gasteiger partial charge in [0, 0.05) is 24.1 Å². The van der Waals surface area contributed by atoms with Crippen molar-refractivity contribution < 1.29 is 27.7 Å². The van der Waals surface area contributed by atoms with Crippen molar-refractivity contribution in [3.8, 4) is 5.75 Å². The number of hydrogen-bond donors (Lipinski definition) is 2. The summed E-state index contributed by atoms with van der Waals surface area (Å²) in [5.74, 6) is -0.795. The van der Waals surface area contributed by atoms with Crippen molar-refractivity contribution in [2.75, 3.05) is 5.32 Å². The van der Waals surface area contributed by atoms with E-state index >= 15 is 0 Å². The van der Waals surface area contributed by atoms with Gasteiger partial charge >= 0.3 is 0 Å². The zero-order valence-corrected chi connectivity index (χ0v) is 21.0. The van der Waals surface area contributed by atoms with E-state index in [4.69, 9.17) is 4.74 Å². The minimum absolute atomic E-state index is 0.0264. The van der Waals surface area contributed by atoms with Crippen LogP contribution in [0.3, 0.4) is 0 Å². The molecule has 0 atom stereocenters. The minimum Gasteiger partial charge on any atom is -0.489 e. The third-order valence-electron chi connectivity index (χ3n) is 5.33. The van der Waals surface area contributed by atoms with Crippen molar-refractivity contribution in [3.63, 3.8) is 0 Å². The summed E-state index contributed by atoms with van der Waals surface area (Å²) in [6, 6.07) is 18.0. The van der Waals surface area contributed by atoms with Crippen molar-refractivity contribution in [1.29, 1.82) is 0 Å². The van der Waals surface area contributed by atoms with Crippen molar-refractivity contribution in [2.24, 2.45) is 0 Å². The van der Waals surface area contributed by atoms with E-state index in [0.717, 1.165) is 12.8 Å². The molecule has 0 saturated heterocycles. The lowest BCUT2D eigenvalue weighted by atomic mass is 10.2. The maximum Gasteiger partial charge on any atom is 0.269 e. The number of carbonyl (C=O) groups is 2. The Kier molecular flexibility index (Phi) is 9.33. The van der Waals surface area contributed by atoms with Crippen LogP contribution in [0.5, 0.6) is 5.75 Å². The summed E-state index contributed by atoms with van der Waals surface area (Å²) >= 11 is 0. The van der Waals surface area contributed by atoms with Gasteiger partial charge in [-0.3, -0.25) is 19.7 Å². The smallest absolute Gasteiger partial charge is 0.269 e. The molecule has 3 aromatic rings. The fraction of sp³-hybridized carbons (Fsp3) is 0.231. The van der Waals surface area contributed by atoms with E-state index in [1.165, 1.54) is 36.4 Å². The molecule has 0 aliphatic heterocycles. The number of nitro groups is 1. The van der Waals surface area contributed by atoms with E-state index in [1.54, 1.807) is 36.4 Å². The van der Waals surface area contributed by atoms with Gasteiger partial charge in [-0.2, -0.15) is 0 Å². The molecule has 2 amide bonds. The third-order valence-corrected chi connectivity index (χ3v) is 6.76. The Balaban J connectivity index is 1.68. The maximum absolute atomic E-state index is 12.9. The van der Waals surface area contributed by atoms with Crippen LogP contribution in [0.25, 0.3) is 0 Å². The second-order valence-corrected chi connectivity index (χ2v) is 9.83. The van der Waals surface area contributed by atoms with E-state index in [-0.39, 0.29) is 34.9 Å². The molecule has 0 aromatic heterocycles. The lowest BCUT2D eigenvalue weighted by Crippen LogP contribution is -2.31. The number of unbranched alkanes of at least 4 members (excludes halogenated alkanes) is 2. The average molecular weight is 526 g/mol. The highest BCUT2D eigenvalue weighted by Crippen LogP contribution is 2.23. The number of nitro benzene ring substituents is 1. The topological polar surface area (TPSA) is 145 Å². The Morgan fingerprint density at radius 1 is 0.973 bits per heavy atom. The lowest BCUT2D eigenvalue weighted by Gasteiger charge is -2.13. The highest BCUT2D eigenvalue weighted by Gasteiger charge is 2.22. The highest BCUT2D eigenvalue weighted by atomic mass is 32.2.